The van der Waals surface area contributed by atoms with Crippen molar-refractivity contribution in [3.05, 3.63) is 58.1 Å². The Labute approximate surface area is 202 Å². The molecule has 2 aliphatic heterocycles. The van der Waals surface area contributed by atoms with Crippen LogP contribution in [0.4, 0.5) is 11.4 Å². The van der Waals surface area contributed by atoms with Gasteiger partial charge in [0.1, 0.15) is 6.04 Å². The summed E-state index contributed by atoms with van der Waals surface area (Å²) in [5, 5.41) is 3.78. The second-order valence-corrected chi connectivity index (χ2v) is 9.12. The monoisotopic (exact) mass is 491 g/mol. The molecule has 2 aliphatic rings. The number of nitrogens with one attached hydrogen (secondary N) is 1. The number of hydrogen-bond donors (Lipinski definition) is 1. The molecule has 0 aliphatic carbocycles. The van der Waals surface area contributed by atoms with E-state index in [2.05, 4.69) is 5.32 Å². The third-order valence-electron chi connectivity index (χ3n) is 5.64. The number of hydrogen-bond acceptors (Lipinski definition) is 4. The minimum Gasteiger partial charge on any atom is -0.376 e. The van der Waals surface area contributed by atoms with Crippen LogP contribution >= 0.6 is 35.4 Å². The summed E-state index contributed by atoms with van der Waals surface area (Å²) in [6, 6.07) is 11.8. The molecule has 168 valence electrons. The molecule has 2 atom stereocenters. The van der Waals surface area contributed by atoms with Crippen molar-refractivity contribution in [2.75, 3.05) is 23.4 Å². The molecule has 0 radical (unpaired) electrons. The molecule has 32 heavy (non-hydrogen) atoms. The van der Waals surface area contributed by atoms with Crippen LogP contribution in [0.15, 0.2) is 42.5 Å². The standard InChI is InChI=1S/C23H23Cl2N3O3S/c1-14-7-9-15(10-8-14)28-22(30)19(27(23(28)32)13-16-4-3-11-31-16)12-20(29)26-21-17(24)5-2-6-18(21)25/h2,5-10,16,19H,3-4,11-13H2,1H3,(H,26,29)/t16-,19-/m1/s1. The highest BCUT2D eigenvalue weighted by Crippen LogP contribution is 2.32. The van der Waals surface area contributed by atoms with Gasteiger partial charge in [0.2, 0.25) is 5.91 Å². The van der Waals surface area contributed by atoms with Crippen LogP contribution in [0.3, 0.4) is 0 Å². The minimum absolute atomic E-state index is 0.0257. The molecule has 2 fully saturated rings. The second kappa shape index (κ2) is 9.75. The second-order valence-electron chi connectivity index (χ2n) is 7.94. The number of benzene rings is 2. The van der Waals surface area contributed by atoms with Gasteiger partial charge in [-0.2, -0.15) is 0 Å². The molecule has 2 saturated heterocycles. The lowest BCUT2D eigenvalue weighted by Crippen LogP contribution is -2.42. The van der Waals surface area contributed by atoms with Crippen LogP contribution in [0, 0.1) is 6.92 Å². The van der Waals surface area contributed by atoms with E-state index in [-0.39, 0.29) is 24.3 Å². The van der Waals surface area contributed by atoms with E-state index in [4.69, 9.17) is 40.2 Å². The van der Waals surface area contributed by atoms with Crippen molar-refractivity contribution < 1.29 is 14.3 Å². The molecule has 2 aromatic carbocycles. The molecular formula is C23H23Cl2N3O3S. The van der Waals surface area contributed by atoms with Crippen molar-refractivity contribution in [3.63, 3.8) is 0 Å². The van der Waals surface area contributed by atoms with Gasteiger partial charge in [0.05, 0.1) is 33.9 Å². The van der Waals surface area contributed by atoms with Crippen LogP contribution < -0.4 is 10.2 Å². The smallest absolute Gasteiger partial charge is 0.256 e. The number of ether oxygens (including phenoxy) is 1. The predicted molar refractivity (Wildman–Crippen MR) is 130 cm³/mol. The Balaban J connectivity index is 1.57. The lowest BCUT2D eigenvalue weighted by atomic mass is 10.1. The van der Waals surface area contributed by atoms with Crippen molar-refractivity contribution in [2.24, 2.45) is 0 Å². The number of nitrogens with zero attached hydrogens (tertiary/aromatic N) is 2. The van der Waals surface area contributed by atoms with Gasteiger partial charge < -0.3 is 15.0 Å². The average Bonchev–Trinajstić information content (AvgIpc) is 3.35. The molecule has 9 heteroatoms. The number of carbonyl (C=O) groups excluding carboxylic acids is 2. The van der Waals surface area contributed by atoms with Crippen molar-refractivity contribution in [2.45, 2.75) is 38.3 Å². The van der Waals surface area contributed by atoms with E-state index in [1.165, 1.54) is 4.90 Å². The largest absolute Gasteiger partial charge is 0.376 e. The van der Waals surface area contributed by atoms with E-state index in [0.29, 0.717) is 39.7 Å². The molecule has 2 heterocycles. The number of thiocarbonyl (C=S) groups is 1. The fourth-order valence-electron chi connectivity index (χ4n) is 3.96. The normalized spacial score (nSPS) is 20.8. The summed E-state index contributed by atoms with van der Waals surface area (Å²) < 4.78 is 5.77. The van der Waals surface area contributed by atoms with Crippen molar-refractivity contribution >= 4 is 63.7 Å². The van der Waals surface area contributed by atoms with Gasteiger partial charge in [-0.15, -0.1) is 0 Å². The number of rotatable bonds is 6. The Morgan fingerprint density at radius 3 is 2.50 bits per heavy atom. The summed E-state index contributed by atoms with van der Waals surface area (Å²) in [6.45, 7) is 3.12. The fraction of sp³-hybridized carbons (Fsp3) is 0.348. The molecule has 0 unspecified atom stereocenters. The van der Waals surface area contributed by atoms with Crippen LogP contribution in [0.25, 0.3) is 0 Å². The zero-order valence-electron chi connectivity index (χ0n) is 17.5. The maximum atomic E-state index is 13.4. The number of aryl methyl sites for hydroxylation is 1. The first-order chi connectivity index (χ1) is 15.3. The van der Waals surface area contributed by atoms with Crippen LogP contribution in [-0.4, -0.2) is 47.1 Å². The van der Waals surface area contributed by atoms with Gasteiger partial charge in [0.25, 0.3) is 5.91 Å². The topological polar surface area (TPSA) is 61.9 Å². The Kier molecular flexibility index (Phi) is 7.00. The zero-order chi connectivity index (χ0) is 22.8. The van der Waals surface area contributed by atoms with Gasteiger partial charge in [-0.1, -0.05) is 47.0 Å². The Morgan fingerprint density at radius 2 is 1.88 bits per heavy atom. The zero-order valence-corrected chi connectivity index (χ0v) is 19.8. The van der Waals surface area contributed by atoms with E-state index in [1.807, 2.05) is 31.2 Å². The number of halogens is 2. The maximum Gasteiger partial charge on any atom is 0.256 e. The number of anilines is 2. The van der Waals surface area contributed by atoms with Gasteiger partial charge in [-0.05, 0) is 56.2 Å². The highest BCUT2D eigenvalue weighted by Gasteiger charge is 2.45. The van der Waals surface area contributed by atoms with E-state index in [0.717, 1.165) is 18.4 Å². The molecule has 6 nitrogen and oxygen atoms in total. The third-order valence-corrected chi connectivity index (χ3v) is 6.69. The SMILES string of the molecule is Cc1ccc(N2C(=O)[C@@H](CC(=O)Nc3c(Cl)cccc3Cl)N(C[C@H]3CCCO3)C2=S)cc1. The number of para-hydroxylation sites is 1. The van der Waals surface area contributed by atoms with Crippen LogP contribution in [-0.2, 0) is 14.3 Å². The number of carbonyl (C=O) groups is 2. The quantitative estimate of drug-likeness (QED) is 0.587. The summed E-state index contributed by atoms with van der Waals surface area (Å²) in [6.07, 6.45) is 1.75. The van der Waals surface area contributed by atoms with Crippen molar-refractivity contribution in [3.8, 4) is 0 Å². The summed E-state index contributed by atoms with van der Waals surface area (Å²) >= 11 is 18.0. The van der Waals surface area contributed by atoms with Crippen LogP contribution in [0.5, 0.6) is 0 Å². The summed E-state index contributed by atoms with van der Waals surface area (Å²) in [4.78, 5) is 29.6. The summed E-state index contributed by atoms with van der Waals surface area (Å²) in [7, 11) is 0. The van der Waals surface area contributed by atoms with E-state index >= 15 is 0 Å². The molecule has 0 spiro atoms. The third kappa shape index (κ3) is 4.76. The molecule has 4 rings (SSSR count). The van der Waals surface area contributed by atoms with Crippen LogP contribution in [0.2, 0.25) is 10.0 Å². The Morgan fingerprint density at radius 1 is 1.19 bits per heavy atom. The van der Waals surface area contributed by atoms with Gasteiger partial charge in [-0.25, -0.2) is 0 Å². The molecule has 2 amide bonds. The molecule has 1 N–H and O–H groups in total. The molecule has 0 bridgehead atoms. The Bertz CT molecular complexity index is 1020. The van der Waals surface area contributed by atoms with Gasteiger partial charge in [0, 0.05) is 13.2 Å². The number of amides is 2. The predicted octanol–water partition coefficient (Wildman–Crippen LogP) is 4.81. The van der Waals surface area contributed by atoms with E-state index < -0.39 is 6.04 Å². The lowest BCUT2D eigenvalue weighted by Gasteiger charge is -2.26. The first kappa shape index (κ1) is 23.0. The summed E-state index contributed by atoms with van der Waals surface area (Å²) in [5.74, 6) is -0.610. The average molecular weight is 492 g/mol. The molecule has 2 aromatic rings. The van der Waals surface area contributed by atoms with Crippen molar-refractivity contribution in [1.82, 2.24) is 4.90 Å². The molecular weight excluding hydrogens is 469 g/mol. The van der Waals surface area contributed by atoms with E-state index in [1.54, 1.807) is 23.1 Å². The molecule has 0 aromatic heterocycles. The van der Waals surface area contributed by atoms with Gasteiger partial charge in [-0.3, -0.25) is 14.5 Å². The highest BCUT2D eigenvalue weighted by molar-refractivity contribution is 7.80. The minimum atomic E-state index is -0.741. The van der Waals surface area contributed by atoms with Crippen LogP contribution in [0.1, 0.15) is 24.8 Å². The molecule has 0 saturated carbocycles. The summed E-state index contributed by atoms with van der Waals surface area (Å²) in [5.41, 5.74) is 2.09. The highest BCUT2D eigenvalue weighted by atomic mass is 35.5. The first-order valence-corrected chi connectivity index (χ1v) is 11.6. The lowest BCUT2D eigenvalue weighted by molar-refractivity contribution is -0.124. The van der Waals surface area contributed by atoms with Gasteiger partial charge >= 0.3 is 0 Å². The van der Waals surface area contributed by atoms with Gasteiger partial charge in [0.15, 0.2) is 5.11 Å². The fourth-order valence-corrected chi connectivity index (χ4v) is 4.85. The van der Waals surface area contributed by atoms with Crippen molar-refractivity contribution in [1.29, 1.82) is 0 Å². The first-order valence-electron chi connectivity index (χ1n) is 10.4. The Hall–Kier alpha value is -2.19. The maximum absolute atomic E-state index is 13.4. The van der Waals surface area contributed by atoms with E-state index in [9.17, 15) is 9.59 Å².